The van der Waals surface area contributed by atoms with Crippen molar-refractivity contribution in [3.8, 4) is 17.2 Å². The molecule has 3 rings (SSSR count). The second-order valence-corrected chi connectivity index (χ2v) is 5.27. The average Bonchev–Trinajstić information content (AvgIpc) is 2.64. The minimum absolute atomic E-state index is 0.0193. The number of para-hydroxylation sites is 2. The molecule has 1 amide bonds. The van der Waals surface area contributed by atoms with Gasteiger partial charge in [0.25, 0.3) is 5.91 Å². The first kappa shape index (κ1) is 17.4. The van der Waals surface area contributed by atoms with E-state index in [-0.39, 0.29) is 11.7 Å². The largest absolute Gasteiger partial charge is 0.457 e. The fourth-order valence-corrected chi connectivity index (χ4v) is 2.28. The first-order chi connectivity index (χ1) is 12.6. The van der Waals surface area contributed by atoms with Crippen LogP contribution in [0.3, 0.4) is 0 Å². The van der Waals surface area contributed by atoms with Crippen molar-refractivity contribution in [1.82, 2.24) is 0 Å². The van der Waals surface area contributed by atoms with Gasteiger partial charge in [-0.2, -0.15) is 8.78 Å². The highest BCUT2D eigenvalue weighted by Crippen LogP contribution is 2.26. The van der Waals surface area contributed by atoms with Crippen LogP contribution in [0.5, 0.6) is 17.2 Å². The van der Waals surface area contributed by atoms with E-state index in [1.165, 1.54) is 24.3 Å². The quantitative estimate of drug-likeness (QED) is 0.650. The van der Waals surface area contributed by atoms with Crippen molar-refractivity contribution < 1.29 is 23.0 Å². The molecule has 132 valence electrons. The molecule has 0 spiro atoms. The molecule has 0 radical (unpaired) electrons. The summed E-state index contributed by atoms with van der Waals surface area (Å²) in [5.74, 6) is 0.667. The molecule has 0 aliphatic rings. The van der Waals surface area contributed by atoms with Gasteiger partial charge in [-0.1, -0.05) is 30.3 Å². The first-order valence-electron chi connectivity index (χ1n) is 7.80. The standard InChI is InChI=1S/C20H15F2NO3/c21-20(22)26-16-12-10-14(11-13-16)23-19(24)17-8-4-5-9-18(17)25-15-6-2-1-3-7-15/h1-13,20H,(H,23,24). The Morgan fingerprint density at radius 2 is 1.46 bits per heavy atom. The summed E-state index contributed by atoms with van der Waals surface area (Å²) in [5.41, 5.74) is 0.801. The molecule has 0 fully saturated rings. The van der Waals surface area contributed by atoms with Gasteiger partial charge in [-0.05, 0) is 48.5 Å². The Kier molecular flexibility index (Phi) is 5.43. The highest BCUT2D eigenvalue weighted by Gasteiger charge is 2.13. The summed E-state index contributed by atoms with van der Waals surface area (Å²) in [6, 6.07) is 21.6. The van der Waals surface area contributed by atoms with Crippen molar-refractivity contribution in [1.29, 1.82) is 0 Å². The summed E-state index contributed by atoms with van der Waals surface area (Å²) in [7, 11) is 0. The van der Waals surface area contributed by atoms with Crippen molar-refractivity contribution >= 4 is 11.6 Å². The molecule has 6 heteroatoms. The van der Waals surface area contributed by atoms with Crippen LogP contribution in [0.25, 0.3) is 0 Å². The van der Waals surface area contributed by atoms with Gasteiger partial charge >= 0.3 is 6.61 Å². The Bertz CT molecular complexity index is 868. The van der Waals surface area contributed by atoms with E-state index in [0.717, 1.165) is 0 Å². The maximum atomic E-state index is 12.5. The van der Waals surface area contributed by atoms with E-state index in [0.29, 0.717) is 22.7 Å². The topological polar surface area (TPSA) is 47.6 Å². The number of nitrogens with one attached hydrogen (secondary N) is 1. The molecule has 0 aromatic heterocycles. The Hall–Kier alpha value is -3.41. The number of alkyl halides is 2. The summed E-state index contributed by atoms with van der Waals surface area (Å²) < 4.78 is 34.4. The molecule has 0 unspecified atom stereocenters. The lowest BCUT2D eigenvalue weighted by Gasteiger charge is -2.12. The molecule has 1 N–H and O–H groups in total. The van der Waals surface area contributed by atoms with Crippen molar-refractivity contribution in [3.63, 3.8) is 0 Å². The number of carbonyl (C=O) groups is 1. The molecule has 0 saturated carbocycles. The molecule has 3 aromatic rings. The molecule has 0 aliphatic heterocycles. The lowest BCUT2D eigenvalue weighted by molar-refractivity contribution is -0.0498. The number of halogens is 2. The van der Waals surface area contributed by atoms with Crippen LogP contribution in [0.1, 0.15) is 10.4 Å². The van der Waals surface area contributed by atoms with Crippen molar-refractivity contribution in [3.05, 3.63) is 84.4 Å². The molecule has 0 heterocycles. The second-order valence-electron chi connectivity index (χ2n) is 5.27. The molecule has 26 heavy (non-hydrogen) atoms. The van der Waals surface area contributed by atoms with Gasteiger partial charge in [-0.3, -0.25) is 4.79 Å². The van der Waals surface area contributed by atoms with Crippen molar-refractivity contribution in [2.24, 2.45) is 0 Å². The van der Waals surface area contributed by atoms with E-state index in [9.17, 15) is 13.6 Å². The van der Waals surface area contributed by atoms with Gasteiger partial charge < -0.3 is 14.8 Å². The lowest BCUT2D eigenvalue weighted by atomic mass is 10.1. The Morgan fingerprint density at radius 3 is 2.15 bits per heavy atom. The van der Waals surface area contributed by atoms with Gasteiger partial charge in [-0.25, -0.2) is 0 Å². The zero-order chi connectivity index (χ0) is 18.4. The number of benzene rings is 3. The number of carbonyl (C=O) groups excluding carboxylic acids is 1. The Labute approximate surface area is 149 Å². The average molecular weight is 355 g/mol. The summed E-state index contributed by atoms with van der Waals surface area (Å²) in [4.78, 5) is 12.5. The fourth-order valence-electron chi connectivity index (χ4n) is 2.28. The van der Waals surface area contributed by atoms with Gasteiger partial charge in [0.2, 0.25) is 0 Å². The Morgan fingerprint density at radius 1 is 0.808 bits per heavy atom. The van der Waals surface area contributed by atoms with Crippen LogP contribution in [-0.4, -0.2) is 12.5 Å². The highest BCUT2D eigenvalue weighted by atomic mass is 19.3. The maximum absolute atomic E-state index is 12.5. The number of hydrogen-bond acceptors (Lipinski definition) is 3. The van der Waals surface area contributed by atoms with Crippen LogP contribution in [0, 0.1) is 0 Å². The minimum atomic E-state index is -2.89. The van der Waals surface area contributed by atoms with E-state index in [1.807, 2.05) is 18.2 Å². The zero-order valence-electron chi connectivity index (χ0n) is 13.6. The van der Waals surface area contributed by atoms with E-state index in [2.05, 4.69) is 10.1 Å². The van der Waals surface area contributed by atoms with Gasteiger partial charge in [0, 0.05) is 5.69 Å². The third-order valence-corrected chi connectivity index (χ3v) is 3.44. The van der Waals surface area contributed by atoms with E-state index >= 15 is 0 Å². The molecule has 0 aliphatic carbocycles. The van der Waals surface area contributed by atoms with Crippen molar-refractivity contribution in [2.75, 3.05) is 5.32 Å². The van der Waals surface area contributed by atoms with Crippen LogP contribution in [0.4, 0.5) is 14.5 Å². The number of hydrogen-bond donors (Lipinski definition) is 1. The molecule has 4 nitrogen and oxygen atoms in total. The van der Waals surface area contributed by atoms with Crippen LogP contribution >= 0.6 is 0 Å². The number of ether oxygens (including phenoxy) is 2. The zero-order valence-corrected chi connectivity index (χ0v) is 13.6. The number of amides is 1. The molecular formula is C20H15F2NO3. The Balaban J connectivity index is 1.74. The number of rotatable bonds is 6. The minimum Gasteiger partial charge on any atom is -0.457 e. The highest BCUT2D eigenvalue weighted by molar-refractivity contribution is 6.06. The predicted octanol–water partition coefficient (Wildman–Crippen LogP) is 5.33. The number of anilines is 1. The molecule has 0 atom stereocenters. The normalized spacial score (nSPS) is 10.4. The van der Waals surface area contributed by atoms with E-state index in [4.69, 9.17) is 4.74 Å². The monoisotopic (exact) mass is 355 g/mol. The molecular weight excluding hydrogens is 340 g/mol. The van der Waals surface area contributed by atoms with Crippen LogP contribution in [0.2, 0.25) is 0 Å². The smallest absolute Gasteiger partial charge is 0.387 e. The summed E-state index contributed by atoms with van der Waals surface area (Å²) in [5, 5.41) is 2.70. The summed E-state index contributed by atoms with van der Waals surface area (Å²) in [6.07, 6.45) is 0. The second kappa shape index (κ2) is 8.11. The summed E-state index contributed by atoms with van der Waals surface area (Å²) in [6.45, 7) is -2.89. The van der Waals surface area contributed by atoms with Crippen LogP contribution in [-0.2, 0) is 0 Å². The SMILES string of the molecule is O=C(Nc1ccc(OC(F)F)cc1)c1ccccc1Oc1ccccc1. The van der Waals surface area contributed by atoms with Crippen molar-refractivity contribution in [2.45, 2.75) is 6.61 Å². The van der Waals surface area contributed by atoms with E-state index < -0.39 is 6.61 Å². The predicted molar refractivity (Wildman–Crippen MR) is 94.0 cm³/mol. The first-order valence-corrected chi connectivity index (χ1v) is 7.80. The van der Waals surface area contributed by atoms with Gasteiger partial charge in [0.05, 0.1) is 5.56 Å². The molecule has 3 aromatic carbocycles. The third kappa shape index (κ3) is 4.57. The molecule has 0 bridgehead atoms. The van der Waals surface area contributed by atoms with E-state index in [1.54, 1.807) is 36.4 Å². The maximum Gasteiger partial charge on any atom is 0.387 e. The van der Waals surface area contributed by atoms with Crippen LogP contribution in [0.15, 0.2) is 78.9 Å². The lowest BCUT2D eigenvalue weighted by Crippen LogP contribution is -2.13. The fraction of sp³-hybridized carbons (Fsp3) is 0.0500. The third-order valence-electron chi connectivity index (χ3n) is 3.44. The van der Waals surface area contributed by atoms with Gasteiger partial charge in [-0.15, -0.1) is 0 Å². The van der Waals surface area contributed by atoms with Gasteiger partial charge in [0.1, 0.15) is 17.2 Å². The van der Waals surface area contributed by atoms with Crippen LogP contribution < -0.4 is 14.8 Å². The summed E-state index contributed by atoms with van der Waals surface area (Å²) >= 11 is 0. The molecule has 0 saturated heterocycles. The van der Waals surface area contributed by atoms with Gasteiger partial charge in [0.15, 0.2) is 0 Å².